The Bertz CT molecular complexity index is 1080. The van der Waals surface area contributed by atoms with Gasteiger partial charge in [-0.1, -0.05) is 17.7 Å². The van der Waals surface area contributed by atoms with Crippen LogP contribution in [0.4, 0.5) is 4.39 Å². The fourth-order valence-electron chi connectivity index (χ4n) is 2.82. The minimum Gasteiger partial charge on any atom is -0.294 e. The van der Waals surface area contributed by atoms with Gasteiger partial charge in [0.1, 0.15) is 5.82 Å². The van der Waals surface area contributed by atoms with E-state index in [9.17, 15) is 13.4 Å². The van der Waals surface area contributed by atoms with Crippen LogP contribution in [-0.4, -0.2) is 31.1 Å². The third-order valence-corrected chi connectivity index (χ3v) is 5.05. The zero-order valence-electron chi connectivity index (χ0n) is 14.9. The SMILES string of the molecule is Cc1cnc2ccc(C(=O)c3c(F)ccc(CCCNS(=O)O)c3Cl)cc2n1. The number of aryl methyl sites for hydroxylation is 2. The summed E-state index contributed by atoms with van der Waals surface area (Å²) in [4.78, 5) is 21.5. The summed E-state index contributed by atoms with van der Waals surface area (Å²) in [6, 6.07) is 7.51. The normalized spacial score (nSPS) is 12.3. The second-order valence-electron chi connectivity index (χ2n) is 6.19. The lowest BCUT2D eigenvalue weighted by molar-refractivity contribution is 0.103. The van der Waals surface area contributed by atoms with Crippen LogP contribution in [0.25, 0.3) is 11.0 Å². The summed E-state index contributed by atoms with van der Waals surface area (Å²) < 4.78 is 36.1. The molecule has 1 atom stereocenters. The van der Waals surface area contributed by atoms with Gasteiger partial charge < -0.3 is 0 Å². The molecule has 0 radical (unpaired) electrons. The zero-order valence-corrected chi connectivity index (χ0v) is 16.5. The Morgan fingerprint density at radius 1 is 1.29 bits per heavy atom. The topological polar surface area (TPSA) is 92.2 Å². The van der Waals surface area contributed by atoms with E-state index in [4.69, 9.17) is 16.2 Å². The third-order valence-electron chi connectivity index (χ3n) is 4.17. The number of nitrogens with zero attached hydrogens (tertiary/aromatic N) is 2. The molecule has 0 saturated heterocycles. The molecule has 0 aliphatic rings. The number of benzene rings is 2. The highest BCUT2D eigenvalue weighted by molar-refractivity contribution is 7.77. The minimum absolute atomic E-state index is 0.0468. The van der Waals surface area contributed by atoms with Gasteiger partial charge in [0.05, 0.1) is 27.3 Å². The van der Waals surface area contributed by atoms with Crippen LogP contribution < -0.4 is 4.72 Å². The van der Waals surface area contributed by atoms with Crippen molar-refractivity contribution in [2.75, 3.05) is 6.54 Å². The van der Waals surface area contributed by atoms with Crippen molar-refractivity contribution in [2.45, 2.75) is 19.8 Å². The molecule has 0 spiro atoms. The first-order valence-corrected chi connectivity index (χ1v) is 9.94. The molecule has 0 amide bonds. The maximum absolute atomic E-state index is 14.4. The highest BCUT2D eigenvalue weighted by Gasteiger charge is 2.21. The van der Waals surface area contributed by atoms with Crippen LogP contribution in [0, 0.1) is 12.7 Å². The monoisotopic (exact) mass is 421 g/mol. The summed E-state index contributed by atoms with van der Waals surface area (Å²) in [6.07, 6.45) is 2.55. The van der Waals surface area contributed by atoms with E-state index < -0.39 is 22.9 Å². The molecule has 28 heavy (non-hydrogen) atoms. The Hall–Kier alpha value is -2.26. The first-order chi connectivity index (χ1) is 13.4. The average Bonchev–Trinajstić information content (AvgIpc) is 2.65. The molecule has 9 heteroatoms. The van der Waals surface area contributed by atoms with Crippen molar-refractivity contribution in [3.8, 4) is 0 Å². The molecule has 2 aromatic carbocycles. The zero-order chi connectivity index (χ0) is 20.3. The Morgan fingerprint density at radius 2 is 2.07 bits per heavy atom. The van der Waals surface area contributed by atoms with Crippen molar-refractivity contribution in [1.29, 1.82) is 0 Å². The highest BCUT2D eigenvalue weighted by atomic mass is 35.5. The molecule has 1 aromatic heterocycles. The Kier molecular flexibility index (Phi) is 6.46. The number of nitrogens with one attached hydrogen (secondary N) is 1. The number of fused-ring (bicyclic) bond motifs is 1. The molecule has 0 aliphatic heterocycles. The predicted octanol–water partition coefficient (Wildman–Crippen LogP) is 3.62. The molecule has 6 nitrogen and oxygen atoms in total. The second-order valence-corrected chi connectivity index (χ2v) is 7.35. The van der Waals surface area contributed by atoms with Crippen LogP contribution >= 0.6 is 11.6 Å². The van der Waals surface area contributed by atoms with E-state index in [1.807, 2.05) is 0 Å². The summed E-state index contributed by atoms with van der Waals surface area (Å²) >= 11 is 4.23. The number of carbonyl (C=O) groups excluding carboxylic acids is 1. The fourth-order valence-corrected chi connectivity index (χ4v) is 3.48. The molecule has 0 bridgehead atoms. The number of carbonyl (C=O) groups is 1. The molecule has 3 aromatic rings. The van der Waals surface area contributed by atoms with Crippen molar-refractivity contribution < 1.29 is 17.9 Å². The molecule has 3 rings (SSSR count). The Morgan fingerprint density at radius 3 is 2.82 bits per heavy atom. The number of hydrogen-bond acceptors (Lipinski definition) is 4. The van der Waals surface area contributed by atoms with Crippen LogP contribution in [0.2, 0.25) is 5.02 Å². The molecule has 146 valence electrons. The van der Waals surface area contributed by atoms with Crippen LogP contribution in [0.1, 0.15) is 33.6 Å². The van der Waals surface area contributed by atoms with Gasteiger partial charge in [-0.25, -0.2) is 18.3 Å². The van der Waals surface area contributed by atoms with E-state index in [0.29, 0.717) is 35.1 Å². The van der Waals surface area contributed by atoms with Crippen LogP contribution in [0.3, 0.4) is 0 Å². The lowest BCUT2D eigenvalue weighted by atomic mass is 9.98. The molecule has 0 saturated carbocycles. The number of ketones is 1. The van der Waals surface area contributed by atoms with E-state index in [1.54, 1.807) is 31.3 Å². The van der Waals surface area contributed by atoms with E-state index in [0.717, 1.165) is 0 Å². The fraction of sp³-hybridized carbons (Fsp3) is 0.211. The minimum atomic E-state index is -2.09. The number of aromatic nitrogens is 2. The van der Waals surface area contributed by atoms with Gasteiger partial charge in [0.15, 0.2) is 5.78 Å². The molecule has 1 heterocycles. The number of hydrogen-bond donors (Lipinski definition) is 2. The lowest BCUT2D eigenvalue weighted by Gasteiger charge is -2.11. The summed E-state index contributed by atoms with van der Waals surface area (Å²) in [5.41, 5.74) is 2.55. The van der Waals surface area contributed by atoms with Gasteiger partial charge in [-0.05, 0) is 49.6 Å². The number of halogens is 2. The van der Waals surface area contributed by atoms with Crippen LogP contribution in [0.15, 0.2) is 36.5 Å². The molecule has 1 unspecified atom stereocenters. The standard InChI is InChI=1S/C19H17ClFN3O3S/c1-11-10-22-15-7-5-13(9-16(15)24-11)19(25)17-14(21)6-4-12(18(17)20)3-2-8-23-28(26)27/h4-7,9-10,23H,2-3,8H2,1H3,(H,26,27). The second kappa shape index (κ2) is 8.83. The summed E-state index contributed by atoms with van der Waals surface area (Å²) in [7, 11) is 0. The van der Waals surface area contributed by atoms with Crippen molar-refractivity contribution in [2.24, 2.45) is 0 Å². The van der Waals surface area contributed by atoms with Gasteiger partial charge in [0.2, 0.25) is 11.3 Å². The quantitative estimate of drug-likeness (QED) is 0.345. The maximum Gasteiger partial charge on any atom is 0.231 e. The van der Waals surface area contributed by atoms with Gasteiger partial charge in [-0.15, -0.1) is 0 Å². The van der Waals surface area contributed by atoms with Gasteiger partial charge in [0.25, 0.3) is 0 Å². The molecule has 2 N–H and O–H groups in total. The highest BCUT2D eigenvalue weighted by Crippen LogP contribution is 2.28. The van der Waals surface area contributed by atoms with E-state index in [-0.39, 0.29) is 22.7 Å². The molecule has 0 aliphatic carbocycles. The summed E-state index contributed by atoms with van der Waals surface area (Å²) in [5.74, 6) is -1.24. The third kappa shape index (κ3) is 4.59. The largest absolute Gasteiger partial charge is 0.294 e. The van der Waals surface area contributed by atoms with E-state index in [1.165, 1.54) is 12.1 Å². The van der Waals surface area contributed by atoms with Crippen molar-refractivity contribution in [1.82, 2.24) is 14.7 Å². The van der Waals surface area contributed by atoms with Crippen molar-refractivity contribution in [3.63, 3.8) is 0 Å². The van der Waals surface area contributed by atoms with E-state index in [2.05, 4.69) is 14.7 Å². The van der Waals surface area contributed by atoms with Gasteiger partial charge >= 0.3 is 0 Å². The first kappa shape index (κ1) is 20.5. The van der Waals surface area contributed by atoms with Crippen molar-refractivity contribution in [3.05, 3.63) is 69.8 Å². The summed E-state index contributed by atoms with van der Waals surface area (Å²) in [6.45, 7) is 2.07. The molecular formula is C19H17ClFN3O3S. The first-order valence-electron chi connectivity index (χ1n) is 8.46. The predicted molar refractivity (Wildman–Crippen MR) is 106 cm³/mol. The Balaban J connectivity index is 1.90. The number of rotatable bonds is 7. The van der Waals surface area contributed by atoms with Gasteiger partial charge in [-0.2, -0.15) is 0 Å². The van der Waals surface area contributed by atoms with Crippen LogP contribution in [0.5, 0.6) is 0 Å². The molecule has 0 fully saturated rings. The average molecular weight is 422 g/mol. The summed E-state index contributed by atoms with van der Waals surface area (Å²) in [5, 5.41) is 0.0468. The van der Waals surface area contributed by atoms with Gasteiger partial charge in [-0.3, -0.25) is 14.3 Å². The lowest BCUT2D eigenvalue weighted by Crippen LogP contribution is -2.18. The Labute approximate surface area is 168 Å². The van der Waals surface area contributed by atoms with E-state index >= 15 is 0 Å². The van der Waals surface area contributed by atoms with Crippen LogP contribution in [-0.2, 0) is 17.7 Å². The smallest absolute Gasteiger partial charge is 0.231 e. The van der Waals surface area contributed by atoms with Crippen molar-refractivity contribution >= 4 is 39.7 Å². The maximum atomic E-state index is 14.4. The van der Waals surface area contributed by atoms with Gasteiger partial charge in [0, 0.05) is 18.3 Å². The molecular weight excluding hydrogens is 405 g/mol.